The van der Waals surface area contributed by atoms with Gasteiger partial charge in [-0.15, -0.1) is 0 Å². The fraction of sp³-hybridized carbons (Fsp3) is 0.400. The van der Waals surface area contributed by atoms with E-state index in [4.69, 9.17) is 5.73 Å². The van der Waals surface area contributed by atoms with Gasteiger partial charge in [-0.25, -0.2) is 0 Å². The van der Waals surface area contributed by atoms with Crippen molar-refractivity contribution in [3.05, 3.63) is 47.8 Å². The highest BCUT2D eigenvalue weighted by atomic mass is 15.3. The van der Waals surface area contributed by atoms with Crippen LogP contribution in [0, 0.1) is 0 Å². The van der Waals surface area contributed by atoms with Crippen LogP contribution in [0.25, 0.3) is 0 Å². The Hall–Kier alpha value is -1.81. The maximum Gasteiger partial charge on any atom is 0.0492 e. The van der Waals surface area contributed by atoms with Crippen LogP contribution in [-0.2, 0) is 19.9 Å². The molecule has 2 N–H and O–H groups in total. The second kappa shape index (κ2) is 5.05. The second-order valence-corrected chi connectivity index (χ2v) is 5.24. The Kier molecular flexibility index (Phi) is 3.25. The van der Waals surface area contributed by atoms with Gasteiger partial charge in [0, 0.05) is 50.2 Å². The minimum absolute atomic E-state index is 0.237. The summed E-state index contributed by atoms with van der Waals surface area (Å²) in [6.07, 6.45) is 3.83. The standard InChI is InChI=1S/C15H20N4/c1-18-14(6-8-17-18)7-9-19-11-13(16)10-12-4-2-3-5-15(12)19/h2-6,8,13H,7,9-11,16H2,1H3. The van der Waals surface area contributed by atoms with E-state index in [0.717, 1.165) is 25.9 Å². The van der Waals surface area contributed by atoms with Crippen molar-refractivity contribution in [2.75, 3.05) is 18.0 Å². The summed E-state index contributed by atoms with van der Waals surface area (Å²) in [5.41, 5.74) is 10.1. The number of rotatable bonds is 3. The number of hydrogen-bond acceptors (Lipinski definition) is 3. The molecule has 0 saturated carbocycles. The van der Waals surface area contributed by atoms with Crippen molar-refractivity contribution in [2.45, 2.75) is 18.9 Å². The summed E-state index contributed by atoms with van der Waals surface area (Å²) in [6.45, 7) is 1.93. The molecule has 1 aromatic carbocycles. The second-order valence-electron chi connectivity index (χ2n) is 5.24. The number of para-hydroxylation sites is 1. The average molecular weight is 256 g/mol. The molecule has 4 nitrogen and oxygen atoms in total. The smallest absolute Gasteiger partial charge is 0.0492 e. The molecule has 100 valence electrons. The molecule has 0 bridgehead atoms. The number of hydrogen-bond donors (Lipinski definition) is 1. The number of nitrogens with zero attached hydrogens (tertiary/aromatic N) is 3. The van der Waals surface area contributed by atoms with E-state index in [-0.39, 0.29) is 6.04 Å². The summed E-state index contributed by atoms with van der Waals surface area (Å²) in [5, 5.41) is 4.21. The predicted octanol–water partition coefficient (Wildman–Crippen LogP) is 1.35. The van der Waals surface area contributed by atoms with Gasteiger partial charge in [-0.3, -0.25) is 4.68 Å². The van der Waals surface area contributed by atoms with Crippen LogP contribution in [0.1, 0.15) is 11.3 Å². The molecule has 19 heavy (non-hydrogen) atoms. The third-order valence-corrected chi connectivity index (χ3v) is 3.83. The van der Waals surface area contributed by atoms with Gasteiger partial charge in [0.05, 0.1) is 0 Å². The molecule has 2 heterocycles. The number of nitrogens with two attached hydrogens (primary N) is 1. The van der Waals surface area contributed by atoms with E-state index in [1.165, 1.54) is 16.9 Å². The van der Waals surface area contributed by atoms with Crippen LogP contribution in [0.3, 0.4) is 0 Å². The zero-order valence-corrected chi connectivity index (χ0v) is 11.3. The van der Waals surface area contributed by atoms with Gasteiger partial charge in [0.2, 0.25) is 0 Å². The highest BCUT2D eigenvalue weighted by Gasteiger charge is 2.21. The maximum absolute atomic E-state index is 6.16. The molecular formula is C15H20N4. The highest BCUT2D eigenvalue weighted by molar-refractivity contribution is 5.56. The van der Waals surface area contributed by atoms with Gasteiger partial charge >= 0.3 is 0 Å². The Bertz CT molecular complexity index is 561. The number of aryl methyl sites for hydroxylation is 1. The van der Waals surface area contributed by atoms with E-state index in [0.29, 0.717) is 0 Å². The lowest BCUT2D eigenvalue weighted by atomic mass is 9.98. The van der Waals surface area contributed by atoms with Crippen molar-refractivity contribution in [3.8, 4) is 0 Å². The summed E-state index contributed by atoms with van der Waals surface area (Å²) in [5.74, 6) is 0. The quantitative estimate of drug-likeness (QED) is 0.902. The minimum Gasteiger partial charge on any atom is -0.369 e. The number of benzene rings is 1. The van der Waals surface area contributed by atoms with E-state index >= 15 is 0 Å². The van der Waals surface area contributed by atoms with Gasteiger partial charge in [-0.05, 0) is 24.1 Å². The molecular weight excluding hydrogens is 236 g/mol. The average Bonchev–Trinajstić information content (AvgIpc) is 2.81. The first-order valence-electron chi connectivity index (χ1n) is 6.79. The van der Waals surface area contributed by atoms with E-state index < -0.39 is 0 Å². The van der Waals surface area contributed by atoms with Crippen LogP contribution in [0.4, 0.5) is 5.69 Å². The predicted molar refractivity (Wildman–Crippen MR) is 77.2 cm³/mol. The van der Waals surface area contributed by atoms with Crippen molar-refractivity contribution < 1.29 is 0 Å². The van der Waals surface area contributed by atoms with E-state index in [1.54, 1.807) is 0 Å². The number of fused-ring (bicyclic) bond motifs is 1. The van der Waals surface area contributed by atoms with E-state index in [1.807, 2.05) is 17.9 Å². The fourth-order valence-electron chi connectivity index (χ4n) is 2.83. The first-order valence-corrected chi connectivity index (χ1v) is 6.79. The molecule has 1 aliphatic heterocycles. The molecule has 0 spiro atoms. The normalized spacial score (nSPS) is 18.4. The van der Waals surface area contributed by atoms with Crippen molar-refractivity contribution in [3.63, 3.8) is 0 Å². The van der Waals surface area contributed by atoms with Gasteiger partial charge in [0.15, 0.2) is 0 Å². The lowest BCUT2D eigenvalue weighted by Gasteiger charge is -2.34. The number of anilines is 1. The summed E-state index contributed by atoms with van der Waals surface area (Å²) in [4.78, 5) is 2.40. The van der Waals surface area contributed by atoms with Gasteiger partial charge < -0.3 is 10.6 Å². The topological polar surface area (TPSA) is 47.1 Å². The molecule has 0 fully saturated rings. The Morgan fingerprint density at radius 1 is 1.32 bits per heavy atom. The molecule has 4 heteroatoms. The van der Waals surface area contributed by atoms with Crippen molar-refractivity contribution >= 4 is 5.69 Å². The van der Waals surface area contributed by atoms with Crippen LogP contribution in [0.15, 0.2) is 36.5 Å². The molecule has 1 aliphatic rings. The molecule has 0 aliphatic carbocycles. The Labute approximate surface area is 113 Å². The summed E-state index contributed by atoms with van der Waals surface area (Å²) >= 11 is 0. The van der Waals surface area contributed by atoms with E-state index in [2.05, 4.69) is 40.3 Å². The lowest BCUT2D eigenvalue weighted by molar-refractivity contribution is 0.591. The van der Waals surface area contributed by atoms with Crippen molar-refractivity contribution in [1.29, 1.82) is 0 Å². The van der Waals surface area contributed by atoms with E-state index in [9.17, 15) is 0 Å². The van der Waals surface area contributed by atoms with Crippen LogP contribution in [0.5, 0.6) is 0 Å². The van der Waals surface area contributed by atoms with Crippen LogP contribution >= 0.6 is 0 Å². The summed E-state index contributed by atoms with van der Waals surface area (Å²) in [7, 11) is 1.99. The first-order chi connectivity index (χ1) is 9.24. The molecule has 0 amide bonds. The first kappa shape index (κ1) is 12.2. The zero-order chi connectivity index (χ0) is 13.2. The third-order valence-electron chi connectivity index (χ3n) is 3.83. The molecule has 1 atom stereocenters. The Morgan fingerprint density at radius 2 is 2.16 bits per heavy atom. The molecule has 0 radical (unpaired) electrons. The van der Waals surface area contributed by atoms with Gasteiger partial charge in [-0.1, -0.05) is 18.2 Å². The molecule has 0 saturated heterocycles. The fourth-order valence-corrected chi connectivity index (χ4v) is 2.83. The van der Waals surface area contributed by atoms with Crippen molar-refractivity contribution in [2.24, 2.45) is 12.8 Å². The Balaban J connectivity index is 1.76. The molecule has 2 aromatic rings. The maximum atomic E-state index is 6.16. The van der Waals surface area contributed by atoms with Crippen LogP contribution in [0.2, 0.25) is 0 Å². The third kappa shape index (κ3) is 2.49. The molecule has 1 unspecified atom stereocenters. The van der Waals surface area contributed by atoms with Gasteiger partial charge in [-0.2, -0.15) is 5.10 Å². The highest BCUT2D eigenvalue weighted by Crippen LogP contribution is 2.26. The number of aromatic nitrogens is 2. The Morgan fingerprint density at radius 3 is 2.95 bits per heavy atom. The lowest BCUT2D eigenvalue weighted by Crippen LogP contribution is -2.44. The minimum atomic E-state index is 0.237. The zero-order valence-electron chi connectivity index (χ0n) is 11.3. The van der Waals surface area contributed by atoms with Gasteiger partial charge in [0.1, 0.15) is 0 Å². The molecule has 1 aromatic heterocycles. The largest absolute Gasteiger partial charge is 0.369 e. The summed E-state index contributed by atoms with van der Waals surface area (Å²) < 4.78 is 1.94. The SMILES string of the molecule is Cn1nccc1CCN1CC(N)Cc2ccccc21. The summed E-state index contributed by atoms with van der Waals surface area (Å²) in [6, 6.07) is 10.9. The molecule has 3 rings (SSSR count). The van der Waals surface area contributed by atoms with Crippen LogP contribution < -0.4 is 10.6 Å². The monoisotopic (exact) mass is 256 g/mol. The van der Waals surface area contributed by atoms with Crippen LogP contribution in [-0.4, -0.2) is 28.9 Å². The van der Waals surface area contributed by atoms with Crippen molar-refractivity contribution in [1.82, 2.24) is 9.78 Å². The van der Waals surface area contributed by atoms with Gasteiger partial charge in [0.25, 0.3) is 0 Å².